The van der Waals surface area contributed by atoms with Crippen LogP contribution < -0.4 is 5.32 Å². The molecule has 0 saturated carbocycles. The summed E-state index contributed by atoms with van der Waals surface area (Å²) in [6, 6.07) is 7.52. The lowest BCUT2D eigenvalue weighted by atomic mass is 10.1. The summed E-state index contributed by atoms with van der Waals surface area (Å²) >= 11 is 0. The summed E-state index contributed by atoms with van der Waals surface area (Å²) in [7, 11) is 0. The molecule has 6 nitrogen and oxygen atoms in total. The second-order valence-corrected chi connectivity index (χ2v) is 6.73. The van der Waals surface area contributed by atoms with Gasteiger partial charge in [-0.05, 0) is 30.5 Å². The first kappa shape index (κ1) is 18.2. The van der Waals surface area contributed by atoms with Crippen molar-refractivity contribution in [2.24, 2.45) is 0 Å². The molecular weight excluding hydrogens is 328 g/mol. The molecule has 1 aromatic heterocycles. The number of carbonyl (C=O) groups is 2. The maximum absolute atomic E-state index is 12.2. The quantitative estimate of drug-likeness (QED) is 0.866. The van der Waals surface area contributed by atoms with Crippen LogP contribution in [-0.2, 0) is 11.3 Å². The number of aromatic nitrogens is 2. The first-order chi connectivity index (χ1) is 12.7. The third kappa shape index (κ3) is 5.18. The molecule has 0 spiro atoms. The molecule has 1 fully saturated rings. The molecule has 138 valence electrons. The molecule has 6 heteroatoms. The highest BCUT2D eigenvalue weighted by Crippen LogP contribution is 2.10. The van der Waals surface area contributed by atoms with Crippen molar-refractivity contribution in [3.05, 3.63) is 54.1 Å². The van der Waals surface area contributed by atoms with Crippen molar-refractivity contribution in [2.45, 2.75) is 38.6 Å². The molecule has 1 aliphatic rings. The monoisotopic (exact) mass is 354 g/mol. The molecule has 1 N–H and O–H groups in total. The summed E-state index contributed by atoms with van der Waals surface area (Å²) in [6.07, 6.45) is 10.4. The van der Waals surface area contributed by atoms with E-state index >= 15 is 0 Å². The third-order valence-electron chi connectivity index (χ3n) is 4.72. The zero-order chi connectivity index (χ0) is 18.2. The number of imidazole rings is 1. The Bertz CT molecular complexity index is 702. The van der Waals surface area contributed by atoms with Gasteiger partial charge in [-0.25, -0.2) is 4.98 Å². The van der Waals surface area contributed by atoms with Crippen molar-refractivity contribution in [2.75, 3.05) is 19.6 Å². The number of rotatable bonds is 6. The van der Waals surface area contributed by atoms with Gasteiger partial charge in [-0.3, -0.25) is 9.59 Å². The molecule has 1 saturated heterocycles. The number of likely N-dealkylation sites (tertiary alicyclic amines) is 1. The zero-order valence-electron chi connectivity index (χ0n) is 15.1. The minimum Gasteiger partial charge on any atom is -0.352 e. The van der Waals surface area contributed by atoms with Crippen molar-refractivity contribution < 1.29 is 9.59 Å². The van der Waals surface area contributed by atoms with Crippen molar-refractivity contribution >= 4 is 11.8 Å². The van der Waals surface area contributed by atoms with Crippen LogP contribution in [0.4, 0.5) is 0 Å². The van der Waals surface area contributed by atoms with Gasteiger partial charge in [0.2, 0.25) is 5.91 Å². The minimum atomic E-state index is -0.136. The molecule has 2 heterocycles. The Hall–Kier alpha value is -2.63. The van der Waals surface area contributed by atoms with E-state index in [0.717, 1.165) is 38.0 Å². The zero-order valence-corrected chi connectivity index (χ0v) is 15.1. The standard InChI is InChI=1S/C20H26N4O2/c25-19(24-12-3-1-2-4-13-24)9-10-22-20(26)18-7-5-17(6-8-18)15-23-14-11-21-16-23/h5-8,11,14,16H,1-4,9-10,12-13,15H2,(H,22,26). The smallest absolute Gasteiger partial charge is 0.251 e. The molecule has 0 atom stereocenters. The maximum atomic E-state index is 12.2. The molecule has 0 radical (unpaired) electrons. The van der Waals surface area contributed by atoms with Gasteiger partial charge in [0.1, 0.15) is 0 Å². The predicted octanol–water partition coefficient (Wildman–Crippen LogP) is 2.45. The molecule has 26 heavy (non-hydrogen) atoms. The van der Waals surface area contributed by atoms with Gasteiger partial charge >= 0.3 is 0 Å². The van der Waals surface area contributed by atoms with Crippen molar-refractivity contribution in [1.29, 1.82) is 0 Å². The SMILES string of the molecule is O=C(NCCC(=O)N1CCCCCC1)c1ccc(Cn2ccnc2)cc1. The van der Waals surface area contributed by atoms with Crippen LogP contribution in [0.2, 0.25) is 0 Å². The molecule has 0 unspecified atom stereocenters. The van der Waals surface area contributed by atoms with Crippen LogP contribution in [-0.4, -0.2) is 45.9 Å². The minimum absolute atomic E-state index is 0.136. The van der Waals surface area contributed by atoms with Crippen molar-refractivity contribution in [1.82, 2.24) is 19.8 Å². The summed E-state index contributed by atoms with van der Waals surface area (Å²) in [5.74, 6) is 0.00530. The Morgan fingerprint density at radius 3 is 2.42 bits per heavy atom. The normalized spacial score (nSPS) is 14.7. The second-order valence-electron chi connectivity index (χ2n) is 6.73. The number of amides is 2. The van der Waals surface area contributed by atoms with E-state index < -0.39 is 0 Å². The van der Waals surface area contributed by atoms with E-state index in [-0.39, 0.29) is 11.8 Å². The van der Waals surface area contributed by atoms with E-state index in [1.165, 1.54) is 12.8 Å². The molecule has 1 aliphatic heterocycles. The third-order valence-corrected chi connectivity index (χ3v) is 4.72. The number of hydrogen-bond donors (Lipinski definition) is 1. The topological polar surface area (TPSA) is 67.2 Å². The highest BCUT2D eigenvalue weighted by Gasteiger charge is 2.15. The van der Waals surface area contributed by atoms with Gasteiger partial charge in [-0.15, -0.1) is 0 Å². The first-order valence-electron chi connectivity index (χ1n) is 9.33. The molecule has 3 rings (SSSR count). The summed E-state index contributed by atoms with van der Waals surface area (Å²) in [4.78, 5) is 30.4. The van der Waals surface area contributed by atoms with Gasteiger partial charge < -0.3 is 14.8 Å². The Kier molecular flexibility index (Phi) is 6.41. The fourth-order valence-corrected chi connectivity index (χ4v) is 3.22. The number of nitrogens with one attached hydrogen (secondary N) is 1. The van der Waals surface area contributed by atoms with Crippen LogP contribution >= 0.6 is 0 Å². The largest absolute Gasteiger partial charge is 0.352 e. The molecule has 0 bridgehead atoms. The van der Waals surface area contributed by atoms with Gasteiger partial charge in [-0.2, -0.15) is 0 Å². The van der Waals surface area contributed by atoms with Crippen LogP contribution in [0.15, 0.2) is 43.0 Å². The van der Waals surface area contributed by atoms with E-state index in [9.17, 15) is 9.59 Å². The lowest BCUT2D eigenvalue weighted by Gasteiger charge is -2.20. The Morgan fingerprint density at radius 2 is 1.77 bits per heavy atom. The van der Waals surface area contributed by atoms with E-state index in [0.29, 0.717) is 18.5 Å². The van der Waals surface area contributed by atoms with Crippen LogP contribution in [0.3, 0.4) is 0 Å². The summed E-state index contributed by atoms with van der Waals surface area (Å²) in [5.41, 5.74) is 1.72. The molecule has 0 aliphatic carbocycles. The lowest BCUT2D eigenvalue weighted by Crippen LogP contribution is -2.35. The van der Waals surface area contributed by atoms with E-state index in [4.69, 9.17) is 0 Å². The average Bonchev–Trinajstić information content (AvgIpc) is 3.01. The highest BCUT2D eigenvalue weighted by atomic mass is 16.2. The number of nitrogens with zero attached hydrogens (tertiary/aromatic N) is 3. The fourth-order valence-electron chi connectivity index (χ4n) is 3.22. The van der Waals surface area contributed by atoms with Crippen molar-refractivity contribution in [3.8, 4) is 0 Å². The van der Waals surface area contributed by atoms with Gasteiger partial charge in [0.05, 0.1) is 6.33 Å². The van der Waals surface area contributed by atoms with Gasteiger partial charge in [0, 0.05) is 50.6 Å². The molecule has 1 aromatic carbocycles. The Labute approximate surface area is 154 Å². The molecule has 2 aromatic rings. The van der Waals surface area contributed by atoms with Crippen molar-refractivity contribution in [3.63, 3.8) is 0 Å². The van der Waals surface area contributed by atoms with Gasteiger partial charge in [0.15, 0.2) is 0 Å². The van der Waals surface area contributed by atoms with Crippen LogP contribution in [0.5, 0.6) is 0 Å². The van der Waals surface area contributed by atoms with Crippen LogP contribution in [0.25, 0.3) is 0 Å². The van der Waals surface area contributed by atoms with E-state index in [1.54, 1.807) is 12.5 Å². The van der Waals surface area contributed by atoms with Gasteiger partial charge in [-0.1, -0.05) is 25.0 Å². The Morgan fingerprint density at radius 1 is 1.04 bits per heavy atom. The second kappa shape index (κ2) is 9.17. The number of benzene rings is 1. The van der Waals surface area contributed by atoms with Gasteiger partial charge in [0.25, 0.3) is 5.91 Å². The fraction of sp³-hybridized carbons (Fsp3) is 0.450. The summed E-state index contributed by atoms with van der Waals surface area (Å²) in [5, 5.41) is 2.85. The summed E-state index contributed by atoms with van der Waals surface area (Å²) < 4.78 is 1.98. The number of hydrogen-bond acceptors (Lipinski definition) is 3. The van der Waals surface area contributed by atoms with E-state index in [1.807, 2.05) is 39.9 Å². The maximum Gasteiger partial charge on any atom is 0.251 e. The Balaban J connectivity index is 1.43. The lowest BCUT2D eigenvalue weighted by molar-refractivity contribution is -0.131. The average molecular weight is 354 g/mol. The van der Waals surface area contributed by atoms with Crippen LogP contribution in [0.1, 0.15) is 48.0 Å². The van der Waals surface area contributed by atoms with Crippen LogP contribution in [0, 0.1) is 0 Å². The molecular formula is C20H26N4O2. The molecule has 2 amide bonds. The van der Waals surface area contributed by atoms with E-state index in [2.05, 4.69) is 10.3 Å². The number of carbonyl (C=O) groups excluding carboxylic acids is 2. The first-order valence-corrected chi connectivity index (χ1v) is 9.33. The predicted molar refractivity (Wildman–Crippen MR) is 99.8 cm³/mol. The summed E-state index contributed by atoms with van der Waals surface area (Å²) in [6.45, 7) is 2.81. The highest BCUT2D eigenvalue weighted by molar-refractivity contribution is 5.94.